The number of unbranched alkanes of at least 4 members (excludes halogenated alkanes) is 4. The van der Waals surface area contributed by atoms with Crippen LogP contribution in [0.2, 0.25) is 0 Å². The Morgan fingerprint density at radius 1 is 0.806 bits per heavy atom. The summed E-state index contributed by atoms with van der Waals surface area (Å²) >= 11 is 0. The Labute approximate surface area is 192 Å². The molecule has 0 bridgehead atoms. The highest BCUT2D eigenvalue weighted by molar-refractivity contribution is 5.25. The van der Waals surface area contributed by atoms with Gasteiger partial charge in [0.1, 0.15) is 5.82 Å². The molecule has 174 valence electrons. The number of hydrogen-bond donors (Lipinski definition) is 0. The van der Waals surface area contributed by atoms with E-state index in [1.807, 2.05) is 6.07 Å². The number of benzene rings is 1. The Balaban J connectivity index is 1.38. The van der Waals surface area contributed by atoms with E-state index in [1.165, 1.54) is 89.0 Å². The standard InChI is InChI=1S/C30H47F/c1-3-5-7-9-24-13-18-27(19-14-24)28-20-15-25(16-21-28)11-12-26-17-22-29(30(31)23-26)10-8-6-4-2/h15,17,22-24,27-28H,3-14,16,18-21H2,1-2H3. The molecule has 1 atom stereocenters. The molecule has 1 fully saturated rings. The SMILES string of the molecule is CCCCCc1ccc(CCC2=CCC(C3CCC(CCCCC)CC3)CC2)cc1F. The Bertz CT molecular complexity index is 665. The molecule has 0 spiro atoms. The molecule has 2 aliphatic carbocycles. The maximum Gasteiger partial charge on any atom is 0.126 e. The van der Waals surface area contributed by atoms with E-state index in [0.717, 1.165) is 49.0 Å². The second-order valence-corrected chi connectivity index (χ2v) is 10.6. The van der Waals surface area contributed by atoms with Crippen molar-refractivity contribution in [3.63, 3.8) is 0 Å². The number of aryl methyl sites for hydroxylation is 2. The molecule has 0 N–H and O–H groups in total. The highest BCUT2D eigenvalue weighted by Gasteiger charge is 2.28. The lowest BCUT2D eigenvalue weighted by molar-refractivity contribution is 0.185. The zero-order chi connectivity index (χ0) is 21.9. The molecule has 3 rings (SSSR count). The van der Waals surface area contributed by atoms with Crippen LogP contribution in [-0.4, -0.2) is 0 Å². The third-order valence-electron chi connectivity index (χ3n) is 8.22. The minimum atomic E-state index is 0.0107. The Kier molecular flexibility index (Phi) is 10.6. The van der Waals surface area contributed by atoms with Gasteiger partial charge in [0, 0.05) is 0 Å². The van der Waals surface area contributed by atoms with Crippen LogP contribution in [0.4, 0.5) is 4.39 Å². The van der Waals surface area contributed by atoms with Crippen LogP contribution >= 0.6 is 0 Å². The topological polar surface area (TPSA) is 0 Å². The summed E-state index contributed by atoms with van der Waals surface area (Å²) in [6, 6.07) is 5.99. The fourth-order valence-electron chi connectivity index (χ4n) is 6.01. The quantitative estimate of drug-likeness (QED) is 0.230. The average Bonchev–Trinajstić information content (AvgIpc) is 2.80. The predicted molar refractivity (Wildman–Crippen MR) is 133 cm³/mol. The number of halogens is 1. The molecule has 0 nitrogen and oxygen atoms in total. The van der Waals surface area contributed by atoms with Crippen molar-refractivity contribution in [1.82, 2.24) is 0 Å². The summed E-state index contributed by atoms with van der Waals surface area (Å²) in [7, 11) is 0. The highest BCUT2D eigenvalue weighted by Crippen LogP contribution is 2.41. The Morgan fingerprint density at radius 2 is 1.58 bits per heavy atom. The summed E-state index contributed by atoms with van der Waals surface area (Å²) in [5, 5.41) is 0. The van der Waals surface area contributed by atoms with Crippen LogP contribution in [-0.2, 0) is 12.8 Å². The van der Waals surface area contributed by atoms with Gasteiger partial charge in [-0.2, -0.15) is 0 Å². The van der Waals surface area contributed by atoms with Gasteiger partial charge in [0.15, 0.2) is 0 Å². The van der Waals surface area contributed by atoms with Crippen molar-refractivity contribution in [1.29, 1.82) is 0 Å². The van der Waals surface area contributed by atoms with Crippen LogP contribution in [0.25, 0.3) is 0 Å². The third-order valence-corrected chi connectivity index (χ3v) is 8.22. The van der Waals surface area contributed by atoms with E-state index in [9.17, 15) is 4.39 Å². The molecule has 1 unspecified atom stereocenters. The van der Waals surface area contributed by atoms with E-state index in [1.54, 1.807) is 11.6 Å². The fourth-order valence-corrected chi connectivity index (χ4v) is 6.01. The first-order valence-corrected chi connectivity index (χ1v) is 13.6. The molecule has 0 saturated heterocycles. The molecule has 31 heavy (non-hydrogen) atoms. The van der Waals surface area contributed by atoms with Crippen molar-refractivity contribution in [3.05, 3.63) is 46.8 Å². The molecular formula is C30H47F. The van der Waals surface area contributed by atoms with Crippen molar-refractivity contribution in [2.45, 2.75) is 123 Å². The van der Waals surface area contributed by atoms with Gasteiger partial charge in [-0.25, -0.2) is 4.39 Å². The van der Waals surface area contributed by atoms with Gasteiger partial charge in [0.25, 0.3) is 0 Å². The maximum absolute atomic E-state index is 14.4. The van der Waals surface area contributed by atoms with Gasteiger partial charge < -0.3 is 0 Å². The summed E-state index contributed by atoms with van der Waals surface area (Å²) in [4.78, 5) is 0. The summed E-state index contributed by atoms with van der Waals surface area (Å²) in [6.07, 6.45) is 24.6. The second kappa shape index (κ2) is 13.4. The van der Waals surface area contributed by atoms with Crippen LogP contribution in [0.3, 0.4) is 0 Å². The van der Waals surface area contributed by atoms with E-state index in [2.05, 4.69) is 26.0 Å². The van der Waals surface area contributed by atoms with Gasteiger partial charge in [0.2, 0.25) is 0 Å². The number of hydrogen-bond acceptors (Lipinski definition) is 0. The normalized spacial score (nSPS) is 24.2. The van der Waals surface area contributed by atoms with Crippen molar-refractivity contribution >= 4 is 0 Å². The Hall–Kier alpha value is -1.11. The minimum Gasteiger partial charge on any atom is -0.207 e. The van der Waals surface area contributed by atoms with Crippen molar-refractivity contribution in [3.8, 4) is 0 Å². The molecule has 1 aromatic carbocycles. The largest absolute Gasteiger partial charge is 0.207 e. The fraction of sp³-hybridized carbons (Fsp3) is 0.733. The molecule has 0 heterocycles. The van der Waals surface area contributed by atoms with E-state index >= 15 is 0 Å². The van der Waals surface area contributed by atoms with Gasteiger partial charge in [-0.15, -0.1) is 0 Å². The van der Waals surface area contributed by atoms with Crippen molar-refractivity contribution < 1.29 is 4.39 Å². The predicted octanol–water partition coefficient (Wildman–Crippen LogP) is 9.60. The lowest BCUT2D eigenvalue weighted by Gasteiger charge is -2.35. The lowest BCUT2D eigenvalue weighted by atomic mass is 9.70. The third kappa shape index (κ3) is 8.07. The molecule has 1 heteroatoms. The monoisotopic (exact) mass is 426 g/mol. The van der Waals surface area contributed by atoms with E-state index < -0.39 is 0 Å². The lowest BCUT2D eigenvalue weighted by Crippen LogP contribution is -2.23. The van der Waals surface area contributed by atoms with E-state index in [0.29, 0.717) is 0 Å². The second-order valence-electron chi connectivity index (χ2n) is 10.6. The van der Waals surface area contributed by atoms with Gasteiger partial charge in [-0.05, 0) is 92.7 Å². The molecule has 1 aromatic rings. The number of rotatable bonds is 12. The molecule has 2 aliphatic rings. The van der Waals surface area contributed by atoms with Gasteiger partial charge in [-0.1, -0.05) is 89.0 Å². The Morgan fingerprint density at radius 3 is 2.26 bits per heavy atom. The highest BCUT2D eigenvalue weighted by atomic mass is 19.1. The van der Waals surface area contributed by atoms with E-state index in [-0.39, 0.29) is 5.82 Å². The first-order valence-electron chi connectivity index (χ1n) is 13.6. The van der Waals surface area contributed by atoms with Crippen LogP contribution in [0.5, 0.6) is 0 Å². The molecule has 0 aliphatic heterocycles. The zero-order valence-corrected chi connectivity index (χ0v) is 20.4. The van der Waals surface area contributed by atoms with Crippen LogP contribution in [0, 0.1) is 23.6 Å². The van der Waals surface area contributed by atoms with Gasteiger partial charge in [0.05, 0.1) is 0 Å². The molecule has 1 saturated carbocycles. The first-order chi connectivity index (χ1) is 15.2. The van der Waals surface area contributed by atoms with Crippen molar-refractivity contribution in [2.75, 3.05) is 0 Å². The smallest absolute Gasteiger partial charge is 0.126 e. The first kappa shape index (κ1) is 24.5. The van der Waals surface area contributed by atoms with Crippen molar-refractivity contribution in [2.24, 2.45) is 17.8 Å². The molecular weight excluding hydrogens is 379 g/mol. The van der Waals surface area contributed by atoms with Gasteiger partial charge >= 0.3 is 0 Å². The molecule has 0 amide bonds. The van der Waals surface area contributed by atoms with Crippen LogP contribution < -0.4 is 0 Å². The maximum atomic E-state index is 14.4. The summed E-state index contributed by atoms with van der Waals surface area (Å²) in [6.45, 7) is 4.51. The average molecular weight is 427 g/mol. The molecule has 0 aromatic heterocycles. The minimum absolute atomic E-state index is 0.0107. The van der Waals surface area contributed by atoms with E-state index in [4.69, 9.17) is 0 Å². The van der Waals surface area contributed by atoms with Crippen LogP contribution in [0.1, 0.15) is 121 Å². The summed E-state index contributed by atoms with van der Waals surface area (Å²) in [5.41, 5.74) is 3.69. The zero-order valence-electron chi connectivity index (χ0n) is 20.4. The summed E-state index contributed by atoms with van der Waals surface area (Å²) < 4.78 is 14.4. The summed E-state index contributed by atoms with van der Waals surface area (Å²) in [5.74, 6) is 2.95. The number of allylic oxidation sites excluding steroid dienone is 2. The molecule has 0 radical (unpaired) electrons. The van der Waals surface area contributed by atoms with Crippen LogP contribution in [0.15, 0.2) is 29.8 Å². The van der Waals surface area contributed by atoms with Gasteiger partial charge in [-0.3, -0.25) is 0 Å².